The highest BCUT2D eigenvalue weighted by molar-refractivity contribution is 6.37. The van der Waals surface area contributed by atoms with Gasteiger partial charge in [0.2, 0.25) is 5.91 Å². The summed E-state index contributed by atoms with van der Waals surface area (Å²) < 4.78 is 5.46. The van der Waals surface area contributed by atoms with Crippen LogP contribution >= 0.6 is 23.2 Å². The van der Waals surface area contributed by atoms with E-state index >= 15 is 0 Å². The lowest BCUT2D eigenvalue weighted by atomic mass is 10.2. The van der Waals surface area contributed by atoms with Gasteiger partial charge in [-0.1, -0.05) is 35.3 Å². The molecule has 0 saturated heterocycles. The van der Waals surface area contributed by atoms with E-state index in [2.05, 4.69) is 5.32 Å². The molecule has 5 nitrogen and oxygen atoms in total. The number of hydrogen-bond donors (Lipinski definition) is 2. The largest absolute Gasteiger partial charge is 0.491 e. The highest BCUT2D eigenvalue weighted by Crippen LogP contribution is 2.26. The van der Waals surface area contributed by atoms with Gasteiger partial charge >= 0.3 is 0 Å². The summed E-state index contributed by atoms with van der Waals surface area (Å²) in [7, 11) is 0. The summed E-state index contributed by atoms with van der Waals surface area (Å²) in [6.07, 6.45) is 0.0886. The number of carbonyl (C=O) groups is 2. The number of halogens is 2. The second-order valence-corrected chi connectivity index (χ2v) is 5.48. The highest BCUT2D eigenvalue weighted by Gasteiger charge is 2.13. The number of carbonyl (C=O) groups excluding carboxylic acids is 2. The first-order valence-electron chi connectivity index (χ1n) is 6.74. The minimum Gasteiger partial charge on any atom is -0.491 e. The van der Waals surface area contributed by atoms with Crippen molar-refractivity contribution in [2.24, 2.45) is 5.73 Å². The first-order valence-corrected chi connectivity index (χ1v) is 7.49. The highest BCUT2D eigenvalue weighted by atomic mass is 35.5. The molecule has 0 heterocycles. The molecule has 7 heteroatoms. The number of primary amides is 1. The van der Waals surface area contributed by atoms with Gasteiger partial charge in [0.25, 0.3) is 5.91 Å². The van der Waals surface area contributed by atoms with Crippen LogP contribution in [0.25, 0.3) is 0 Å². The van der Waals surface area contributed by atoms with E-state index in [9.17, 15) is 9.59 Å². The lowest BCUT2D eigenvalue weighted by Gasteiger charge is -2.12. The molecule has 2 amide bonds. The lowest BCUT2D eigenvalue weighted by molar-refractivity contribution is -0.118. The van der Waals surface area contributed by atoms with E-state index < -0.39 is 11.8 Å². The van der Waals surface area contributed by atoms with Crippen molar-refractivity contribution in [3.05, 3.63) is 58.1 Å². The monoisotopic (exact) mass is 352 g/mol. The molecule has 0 aliphatic carbocycles. The SMILES string of the molecule is NC(=O)CCOc1ccccc1NC(=O)c1ccc(Cl)cc1Cl. The summed E-state index contributed by atoms with van der Waals surface area (Å²) >= 11 is 11.8. The quantitative estimate of drug-likeness (QED) is 0.834. The average Bonchev–Trinajstić information content (AvgIpc) is 2.48. The molecule has 23 heavy (non-hydrogen) atoms. The number of amides is 2. The maximum Gasteiger partial charge on any atom is 0.257 e. The Hall–Kier alpha value is -2.24. The number of hydrogen-bond acceptors (Lipinski definition) is 3. The van der Waals surface area contributed by atoms with Crippen molar-refractivity contribution in [3.8, 4) is 5.75 Å². The second kappa shape index (κ2) is 7.85. The second-order valence-electron chi connectivity index (χ2n) is 4.64. The van der Waals surface area contributed by atoms with E-state index in [0.717, 1.165) is 0 Å². The van der Waals surface area contributed by atoms with E-state index in [1.165, 1.54) is 12.1 Å². The number of rotatable bonds is 6. The van der Waals surface area contributed by atoms with Crippen molar-refractivity contribution < 1.29 is 14.3 Å². The number of benzene rings is 2. The molecule has 0 spiro atoms. The zero-order valence-electron chi connectivity index (χ0n) is 12.0. The van der Waals surface area contributed by atoms with E-state index in [-0.39, 0.29) is 18.1 Å². The number of nitrogens with one attached hydrogen (secondary N) is 1. The smallest absolute Gasteiger partial charge is 0.257 e. The molecule has 0 atom stereocenters. The van der Waals surface area contributed by atoms with Crippen molar-refractivity contribution in [3.63, 3.8) is 0 Å². The van der Waals surface area contributed by atoms with Gasteiger partial charge in [0, 0.05) is 5.02 Å². The Bertz CT molecular complexity index is 735. The molecular weight excluding hydrogens is 339 g/mol. The summed E-state index contributed by atoms with van der Waals surface area (Å²) in [4.78, 5) is 23.1. The first-order chi connectivity index (χ1) is 11.0. The van der Waals surface area contributed by atoms with Gasteiger partial charge in [0.1, 0.15) is 5.75 Å². The van der Waals surface area contributed by atoms with E-state index in [1.54, 1.807) is 30.3 Å². The molecule has 0 saturated carbocycles. The van der Waals surface area contributed by atoms with Crippen LogP contribution in [-0.4, -0.2) is 18.4 Å². The normalized spacial score (nSPS) is 10.2. The molecule has 0 aliphatic rings. The number of ether oxygens (including phenoxy) is 1. The summed E-state index contributed by atoms with van der Waals surface area (Å²) in [5.74, 6) is -0.413. The van der Waals surface area contributed by atoms with Crippen LogP contribution in [0.1, 0.15) is 16.8 Å². The van der Waals surface area contributed by atoms with Crippen molar-refractivity contribution in [2.75, 3.05) is 11.9 Å². The lowest BCUT2D eigenvalue weighted by Crippen LogP contribution is -2.16. The zero-order valence-corrected chi connectivity index (χ0v) is 13.5. The van der Waals surface area contributed by atoms with Crippen molar-refractivity contribution >= 4 is 40.7 Å². The van der Waals surface area contributed by atoms with Crippen LogP contribution in [0.2, 0.25) is 10.0 Å². The summed E-state index contributed by atoms with van der Waals surface area (Å²) in [6, 6.07) is 11.5. The predicted octanol–water partition coefficient (Wildman–Crippen LogP) is 3.50. The van der Waals surface area contributed by atoms with E-state index in [4.69, 9.17) is 33.7 Å². The van der Waals surface area contributed by atoms with Gasteiger partial charge < -0.3 is 15.8 Å². The van der Waals surface area contributed by atoms with Gasteiger partial charge in [0.05, 0.1) is 29.3 Å². The molecule has 0 bridgehead atoms. The van der Waals surface area contributed by atoms with Crippen molar-refractivity contribution in [2.45, 2.75) is 6.42 Å². The zero-order chi connectivity index (χ0) is 16.8. The van der Waals surface area contributed by atoms with Crippen LogP contribution in [-0.2, 0) is 4.79 Å². The molecule has 0 aliphatic heterocycles. The predicted molar refractivity (Wildman–Crippen MR) is 90.2 cm³/mol. The van der Waals surface area contributed by atoms with Gasteiger partial charge in [-0.25, -0.2) is 0 Å². The fourth-order valence-electron chi connectivity index (χ4n) is 1.82. The van der Waals surface area contributed by atoms with Crippen LogP contribution in [0.5, 0.6) is 5.75 Å². The molecule has 3 N–H and O–H groups in total. The Balaban J connectivity index is 2.13. The third-order valence-corrected chi connectivity index (χ3v) is 3.46. The van der Waals surface area contributed by atoms with E-state index in [0.29, 0.717) is 22.0 Å². The molecule has 2 aromatic rings. The Kier molecular flexibility index (Phi) is 5.84. The van der Waals surface area contributed by atoms with Crippen LogP contribution in [0.3, 0.4) is 0 Å². The summed E-state index contributed by atoms with van der Waals surface area (Å²) in [5, 5.41) is 3.42. The standard InChI is InChI=1S/C16H14Cl2N2O3/c17-10-5-6-11(12(18)9-10)16(22)20-13-3-1-2-4-14(13)23-8-7-15(19)21/h1-6,9H,7-8H2,(H2,19,21)(H,20,22). The Morgan fingerprint density at radius 2 is 1.87 bits per heavy atom. The fourth-order valence-corrected chi connectivity index (χ4v) is 2.31. The Morgan fingerprint density at radius 3 is 2.57 bits per heavy atom. The molecule has 0 radical (unpaired) electrons. The summed E-state index contributed by atoms with van der Waals surface area (Å²) in [5.41, 5.74) is 5.83. The maximum atomic E-state index is 12.3. The molecular formula is C16H14Cl2N2O3. The van der Waals surface area contributed by atoms with Gasteiger partial charge in [0.15, 0.2) is 0 Å². The van der Waals surface area contributed by atoms with Crippen LogP contribution in [0, 0.1) is 0 Å². The van der Waals surface area contributed by atoms with Crippen LogP contribution < -0.4 is 15.8 Å². The fraction of sp³-hybridized carbons (Fsp3) is 0.125. The van der Waals surface area contributed by atoms with E-state index in [1.807, 2.05) is 0 Å². The Morgan fingerprint density at radius 1 is 1.13 bits per heavy atom. The average molecular weight is 353 g/mol. The number of para-hydroxylation sites is 2. The topological polar surface area (TPSA) is 81.4 Å². The molecule has 2 rings (SSSR count). The molecule has 0 fully saturated rings. The molecule has 0 aromatic heterocycles. The molecule has 2 aromatic carbocycles. The maximum absolute atomic E-state index is 12.3. The van der Waals surface area contributed by atoms with Crippen LogP contribution in [0.15, 0.2) is 42.5 Å². The van der Waals surface area contributed by atoms with Crippen molar-refractivity contribution in [1.29, 1.82) is 0 Å². The molecule has 120 valence electrons. The van der Waals surface area contributed by atoms with Crippen LogP contribution in [0.4, 0.5) is 5.69 Å². The van der Waals surface area contributed by atoms with Gasteiger partial charge in [-0.05, 0) is 30.3 Å². The first kappa shape index (κ1) is 17.1. The Labute approximate surface area is 143 Å². The minimum atomic E-state index is -0.459. The molecule has 0 unspecified atom stereocenters. The van der Waals surface area contributed by atoms with Gasteiger partial charge in [-0.15, -0.1) is 0 Å². The minimum absolute atomic E-state index is 0.0886. The number of anilines is 1. The third kappa shape index (κ3) is 4.87. The third-order valence-electron chi connectivity index (χ3n) is 2.92. The van der Waals surface area contributed by atoms with Gasteiger partial charge in [-0.2, -0.15) is 0 Å². The van der Waals surface area contributed by atoms with Gasteiger partial charge in [-0.3, -0.25) is 9.59 Å². The summed E-state index contributed by atoms with van der Waals surface area (Å²) in [6.45, 7) is 0.129. The number of nitrogens with two attached hydrogens (primary N) is 1. The van der Waals surface area contributed by atoms with Crippen molar-refractivity contribution in [1.82, 2.24) is 0 Å².